The number of nitrogen functional groups attached to an aromatic ring is 1. The molecule has 5 heteroatoms. The number of nitrogens with zero attached hydrogens (tertiary/aromatic N) is 4. The van der Waals surface area contributed by atoms with Crippen LogP contribution in [0.4, 0.5) is 5.69 Å². The van der Waals surface area contributed by atoms with Crippen molar-refractivity contribution in [3.63, 3.8) is 0 Å². The molecule has 16 heavy (non-hydrogen) atoms. The van der Waals surface area contributed by atoms with Crippen LogP contribution in [0, 0.1) is 22.7 Å². The lowest BCUT2D eigenvalue weighted by Crippen LogP contribution is -1.98. The largest absolute Gasteiger partial charge is 0.398 e. The standard InChI is InChI=1S/C11H7N5/c12-6-8-5-9(1-2-10(8)14)16-4-3-15-11(16)7-13/h1-5H,14H2. The van der Waals surface area contributed by atoms with Gasteiger partial charge in [-0.3, -0.25) is 4.57 Å². The van der Waals surface area contributed by atoms with Gasteiger partial charge in [0, 0.05) is 23.8 Å². The Labute approximate surface area is 92.0 Å². The first-order valence-electron chi connectivity index (χ1n) is 4.49. The van der Waals surface area contributed by atoms with Gasteiger partial charge >= 0.3 is 0 Å². The SMILES string of the molecule is N#Cc1cc(-n2ccnc2C#N)ccc1N. The van der Waals surface area contributed by atoms with Crippen molar-refractivity contribution in [1.29, 1.82) is 10.5 Å². The van der Waals surface area contributed by atoms with E-state index in [4.69, 9.17) is 16.3 Å². The lowest BCUT2D eigenvalue weighted by Gasteiger charge is -2.05. The Morgan fingerprint density at radius 2 is 2.06 bits per heavy atom. The number of nitriles is 2. The molecule has 0 fully saturated rings. The fraction of sp³-hybridized carbons (Fsp3) is 0. The third-order valence-electron chi connectivity index (χ3n) is 2.18. The van der Waals surface area contributed by atoms with Crippen molar-refractivity contribution >= 4 is 5.69 Å². The molecule has 0 unspecified atom stereocenters. The molecule has 5 nitrogen and oxygen atoms in total. The summed E-state index contributed by atoms with van der Waals surface area (Å²) in [7, 11) is 0. The van der Waals surface area contributed by atoms with Crippen molar-refractivity contribution in [2.45, 2.75) is 0 Å². The number of hydrogen-bond donors (Lipinski definition) is 1. The Kier molecular flexibility index (Phi) is 2.29. The van der Waals surface area contributed by atoms with E-state index in [1.165, 1.54) is 6.20 Å². The Balaban J connectivity index is 2.59. The molecule has 2 aromatic rings. The minimum Gasteiger partial charge on any atom is -0.398 e. The minimum absolute atomic E-state index is 0.272. The summed E-state index contributed by atoms with van der Waals surface area (Å²) in [5.41, 5.74) is 7.11. The Bertz CT molecular complexity index is 612. The zero-order chi connectivity index (χ0) is 11.5. The van der Waals surface area contributed by atoms with E-state index in [1.54, 1.807) is 29.0 Å². The predicted molar refractivity (Wildman–Crippen MR) is 57.4 cm³/mol. The van der Waals surface area contributed by atoms with Gasteiger partial charge in [-0.05, 0) is 18.2 Å². The summed E-state index contributed by atoms with van der Waals surface area (Å²) in [4.78, 5) is 3.88. The summed E-state index contributed by atoms with van der Waals surface area (Å²) in [6, 6.07) is 8.95. The molecule has 1 aromatic carbocycles. The van der Waals surface area contributed by atoms with Crippen LogP contribution in [0.2, 0.25) is 0 Å². The van der Waals surface area contributed by atoms with Gasteiger partial charge in [-0.15, -0.1) is 0 Å². The predicted octanol–water partition coefficient (Wildman–Crippen LogP) is 1.20. The number of anilines is 1. The summed E-state index contributed by atoms with van der Waals surface area (Å²) in [5.74, 6) is 0.272. The topological polar surface area (TPSA) is 91.4 Å². The number of aromatic nitrogens is 2. The lowest BCUT2D eigenvalue weighted by atomic mass is 10.2. The summed E-state index contributed by atoms with van der Waals surface area (Å²) >= 11 is 0. The van der Waals surface area contributed by atoms with Gasteiger partial charge in [0.05, 0.1) is 5.56 Å². The van der Waals surface area contributed by atoms with Crippen LogP contribution in [0.1, 0.15) is 11.4 Å². The fourth-order valence-electron chi connectivity index (χ4n) is 1.39. The second kappa shape index (κ2) is 3.76. The molecule has 2 N–H and O–H groups in total. The van der Waals surface area contributed by atoms with Crippen LogP contribution in [0.15, 0.2) is 30.6 Å². The molecular formula is C11H7N5. The Hall–Kier alpha value is -2.79. The maximum absolute atomic E-state index is 8.85. The van der Waals surface area contributed by atoms with E-state index in [2.05, 4.69) is 4.98 Å². The average molecular weight is 209 g/mol. The molecule has 76 valence electrons. The van der Waals surface area contributed by atoms with Gasteiger partial charge in [-0.25, -0.2) is 4.98 Å². The molecule has 0 atom stereocenters. The molecule has 0 aliphatic heterocycles. The van der Waals surface area contributed by atoms with Gasteiger partial charge in [-0.1, -0.05) is 0 Å². The summed E-state index contributed by atoms with van der Waals surface area (Å²) < 4.78 is 1.60. The highest BCUT2D eigenvalue weighted by molar-refractivity contribution is 5.58. The van der Waals surface area contributed by atoms with Crippen molar-refractivity contribution in [2.24, 2.45) is 0 Å². The van der Waals surface area contributed by atoms with Crippen LogP contribution in [-0.4, -0.2) is 9.55 Å². The number of rotatable bonds is 1. The zero-order valence-corrected chi connectivity index (χ0v) is 8.25. The van der Waals surface area contributed by atoms with Crippen LogP contribution < -0.4 is 5.73 Å². The molecule has 0 saturated carbocycles. The third-order valence-corrected chi connectivity index (χ3v) is 2.18. The van der Waals surface area contributed by atoms with E-state index in [0.717, 1.165) is 0 Å². The number of benzene rings is 1. The second-order valence-electron chi connectivity index (χ2n) is 3.12. The molecule has 0 amide bonds. The maximum Gasteiger partial charge on any atom is 0.217 e. The maximum atomic E-state index is 8.85. The van der Waals surface area contributed by atoms with Gasteiger partial charge in [0.25, 0.3) is 0 Å². The zero-order valence-electron chi connectivity index (χ0n) is 8.25. The van der Waals surface area contributed by atoms with Gasteiger partial charge in [0.15, 0.2) is 0 Å². The monoisotopic (exact) mass is 209 g/mol. The molecule has 0 saturated heterocycles. The third kappa shape index (κ3) is 1.47. The van der Waals surface area contributed by atoms with Gasteiger partial charge in [0.1, 0.15) is 12.1 Å². The smallest absolute Gasteiger partial charge is 0.217 e. The Morgan fingerprint density at radius 1 is 1.25 bits per heavy atom. The van der Waals surface area contributed by atoms with Crippen molar-refractivity contribution in [3.8, 4) is 17.8 Å². The lowest BCUT2D eigenvalue weighted by molar-refractivity contribution is 1.02. The fourth-order valence-corrected chi connectivity index (χ4v) is 1.39. The van der Waals surface area contributed by atoms with E-state index in [1.807, 2.05) is 12.1 Å². The van der Waals surface area contributed by atoms with E-state index >= 15 is 0 Å². The number of imidazole rings is 1. The highest BCUT2D eigenvalue weighted by Crippen LogP contribution is 2.17. The highest BCUT2D eigenvalue weighted by atomic mass is 15.1. The molecule has 2 rings (SSSR count). The average Bonchev–Trinajstić information content (AvgIpc) is 2.78. The van der Waals surface area contributed by atoms with Crippen molar-refractivity contribution < 1.29 is 0 Å². The minimum atomic E-state index is 0.272. The molecule has 0 aliphatic rings. The van der Waals surface area contributed by atoms with E-state index in [-0.39, 0.29) is 5.82 Å². The van der Waals surface area contributed by atoms with E-state index in [9.17, 15) is 0 Å². The number of nitrogens with two attached hydrogens (primary N) is 1. The quantitative estimate of drug-likeness (QED) is 0.714. The molecule has 0 bridgehead atoms. The normalized spacial score (nSPS) is 9.38. The van der Waals surface area contributed by atoms with Crippen LogP contribution in [0.3, 0.4) is 0 Å². The first-order chi connectivity index (χ1) is 7.76. The summed E-state index contributed by atoms with van der Waals surface area (Å²) in [5, 5.41) is 17.7. The molecule has 1 aromatic heterocycles. The van der Waals surface area contributed by atoms with E-state index in [0.29, 0.717) is 16.9 Å². The molecule has 0 aliphatic carbocycles. The van der Waals surface area contributed by atoms with Crippen molar-refractivity contribution in [3.05, 3.63) is 42.0 Å². The first kappa shape index (κ1) is 9.75. The van der Waals surface area contributed by atoms with Gasteiger partial charge in [0.2, 0.25) is 5.82 Å². The second-order valence-corrected chi connectivity index (χ2v) is 3.12. The molecule has 1 heterocycles. The van der Waals surface area contributed by atoms with Crippen LogP contribution in [0.25, 0.3) is 5.69 Å². The molecular weight excluding hydrogens is 202 g/mol. The van der Waals surface area contributed by atoms with Gasteiger partial charge in [-0.2, -0.15) is 10.5 Å². The Morgan fingerprint density at radius 3 is 2.75 bits per heavy atom. The number of hydrogen-bond acceptors (Lipinski definition) is 4. The first-order valence-corrected chi connectivity index (χ1v) is 4.49. The van der Waals surface area contributed by atoms with Crippen LogP contribution in [0.5, 0.6) is 0 Å². The summed E-state index contributed by atoms with van der Waals surface area (Å²) in [6.07, 6.45) is 3.19. The van der Waals surface area contributed by atoms with Crippen LogP contribution in [-0.2, 0) is 0 Å². The van der Waals surface area contributed by atoms with Crippen molar-refractivity contribution in [1.82, 2.24) is 9.55 Å². The van der Waals surface area contributed by atoms with Crippen molar-refractivity contribution in [2.75, 3.05) is 5.73 Å². The highest BCUT2D eigenvalue weighted by Gasteiger charge is 2.06. The van der Waals surface area contributed by atoms with Crippen LogP contribution >= 0.6 is 0 Å². The summed E-state index contributed by atoms with van der Waals surface area (Å²) in [6.45, 7) is 0. The van der Waals surface area contributed by atoms with E-state index < -0.39 is 0 Å². The molecule has 0 spiro atoms. The molecule has 0 radical (unpaired) electrons. The van der Waals surface area contributed by atoms with Gasteiger partial charge < -0.3 is 5.73 Å².